The molecule has 0 aromatic carbocycles. The van der Waals surface area contributed by atoms with Crippen molar-refractivity contribution in [2.75, 3.05) is 13.1 Å². The molecule has 2 rings (SSSR count). The normalized spacial score (nSPS) is 15.9. The third kappa shape index (κ3) is 3.62. The number of nitrogens with zero attached hydrogens (tertiary/aromatic N) is 1. The Labute approximate surface area is 121 Å². The fourth-order valence-electron chi connectivity index (χ4n) is 2.24. The van der Waals surface area contributed by atoms with E-state index in [1.165, 1.54) is 0 Å². The molecule has 1 aromatic rings. The summed E-state index contributed by atoms with van der Waals surface area (Å²) in [6.07, 6.45) is 5.54. The Kier molecular flexibility index (Phi) is 5.23. The summed E-state index contributed by atoms with van der Waals surface area (Å²) in [6.45, 7) is 6.29. The second kappa shape index (κ2) is 6.74. The van der Waals surface area contributed by atoms with E-state index in [0.29, 0.717) is 18.0 Å². The molecular weight excluding hydrogens is 274 g/mol. The van der Waals surface area contributed by atoms with Crippen molar-refractivity contribution in [3.63, 3.8) is 0 Å². The third-order valence-corrected chi connectivity index (χ3v) is 5.50. The highest BCUT2D eigenvalue weighted by molar-refractivity contribution is 7.89. The van der Waals surface area contributed by atoms with E-state index in [1.807, 2.05) is 6.92 Å². The summed E-state index contributed by atoms with van der Waals surface area (Å²) in [5, 5.41) is 3.19. The predicted octanol–water partition coefficient (Wildman–Crippen LogP) is 2.08. The van der Waals surface area contributed by atoms with Crippen LogP contribution in [0.25, 0.3) is 0 Å². The molecule has 0 bridgehead atoms. The Morgan fingerprint density at radius 3 is 2.75 bits per heavy atom. The lowest BCUT2D eigenvalue weighted by atomic mass is 10.3. The van der Waals surface area contributed by atoms with Crippen LogP contribution in [0.2, 0.25) is 0 Å². The molecule has 114 valence electrons. The monoisotopic (exact) mass is 299 g/mol. The first kappa shape index (κ1) is 15.5. The van der Waals surface area contributed by atoms with Crippen molar-refractivity contribution in [1.82, 2.24) is 14.6 Å². The van der Waals surface area contributed by atoms with Crippen LogP contribution in [0.5, 0.6) is 0 Å². The Hall–Kier alpha value is -0.850. The molecule has 1 fully saturated rings. The SMILES string of the molecule is CCCCN(C1CC1)S(=O)(=O)c1c[nH]c(CNCC)c1. The van der Waals surface area contributed by atoms with Crippen LogP contribution in [-0.4, -0.2) is 36.8 Å². The molecule has 0 radical (unpaired) electrons. The number of hydrogen-bond donors (Lipinski definition) is 2. The first-order valence-electron chi connectivity index (χ1n) is 7.49. The van der Waals surface area contributed by atoms with Crippen molar-refractivity contribution in [3.8, 4) is 0 Å². The zero-order valence-corrected chi connectivity index (χ0v) is 13.2. The second-order valence-electron chi connectivity index (χ2n) is 5.34. The van der Waals surface area contributed by atoms with Gasteiger partial charge in [-0.1, -0.05) is 20.3 Å². The molecule has 1 aliphatic rings. The molecule has 1 aromatic heterocycles. The molecule has 0 aliphatic heterocycles. The summed E-state index contributed by atoms with van der Waals surface area (Å²) in [7, 11) is -3.34. The minimum atomic E-state index is -3.34. The van der Waals surface area contributed by atoms with E-state index >= 15 is 0 Å². The number of nitrogens with one attached hydrogen (secondary N) is 2. The molecule has 0 spiro atoms. The minimum Gasteiger partial charge on any atom is -0.363 e. The van der Waals surface area contributed by atoms with Gasteiger partial charge in [-0.2, -0.15) is 4.31 Å². The first-order chi connectivity index (χ1) is 9.59. The molecule has 0 amide bonds. The molecule has 1 saturated carbocycles. The number of rotatable bonds is 9. The number of sulfonamides is 1. The highest BCUT2D eigenvalue weighted by Crippen LogP contribution is 2.32. The number of aromatic amines is 1. The Balaban J connectivity index is 2.12. The molecule has 1 heterocycles. The van der Waals surface area contributed by atoms with Gasteiger partial charge in [0.15, 0.2) is 0 Å². The van der Waals surface area contributed by atoms with E-state index < -0.39 is 10.0 Å². The number of H-pyrrole nitrogens is 1. The van der Waals surface area contributed by atoms with Gasteiger partial charge in [0.05, 0.1) is 4.90 Å². The van der Waals surface area contributed by atoms with E-state index in [1.54, 1.807) is 16.6 Å². The number of aromatic nitrogens is 1. The lowest BCUT2D eigenvalue weighted by Gasteiger charge is -2.20. The lowest BCUT2D eigenvalue weighted by molar-refractivity contribution is 0.396. The quantitative estimate of drug-likeness (QED) is 0.733. The Morgan fingerprint density at radius 2 is 2.15 bits per heavy atom. The van der Waals surface area contributed by atoms with Gasteiger partial charge in [-0.25, -0.2) is 8.42 Å². The van der Waals surface area contributed by atoms with E-state index in [4.69, 9.17) is 0 Å². The standard InChI is InChI=1S/C14H25N3O2S/c1-3-5-8-17(13-6-7-13)20(18,19)14-9-12(16-11-14)10-15-4-2/h9,11,13,15-16H,3-8,10H2,1-2H3. The summed E-state index contributed by atoms with van der Waals surface area (Å²) < 4.78 is 27.1. The van der Waals surface area contributed by atoms with E-state index in [0.717, 1.165) is 37.9 Å². The van der Waals surface area contributed by atoms with Crippen LogP contribution in [0.4, 0.5) is 0 Å². The van der Waals surface area contributed by atoms with Gasteiger partial charge in [0, 0.05) is 31.0 Å². The van der Waals surface area contributed by atoms with Crippen molar-refractivity contribution >= 4 is 10.0 Å². The van der Waals surface area contributed by atoms with Gasteiger partial charge < -0.3 is 10.3 Å². The Morgan fingerprint density at radius 1 is 1.40 bits per heavy atom. The molecule has 0 saturated heterocycles. The van der Waals surface area contributed by atoms with Gasteiger partial charge in [-0.15, -0.1) is 0 Å². The Bertz CT molecular complexity index is 520. The highest BCUT2D eigenvalue weighted by atomic mass is 32.2. The van der Waals surface area contributed by atoms with Crippen LogP contribution in [0.15, 0.2) is 17.2 Å². The van der Waals surface area contributed by atoms with Gasteiger partial charge in [0.2, 0.25) is 10.0 Å². The second-order valence-corrected chi connectivity index (χ2v) is 7.23. The van der Waals surface area contributed by atoms with Crippen LogP contribution in [0, 0.1) is 0 Å². The number of hydrogen-bond acceptors (Lipinski definition) is 3. The van der Waals surface area contributed by atoms with Crippen LogP contribution < -0.4 is 5.32 Å². The van der Waals surface area contributed by atoms with Crippen molar-refractivity contribution in [2.45, 2.75) is 57.0 Å². The fourth-order valence-corrected chi connectivity index (χ4v) is 3.98. The van der Waals surface area contributed by atoms with Gasteiger partial charge in [0.1, 0.15) is 0 Å². The summed E-state index contributed by atoms with van der Waals surface area (Å²) in [4.78, 5) is 3.45. The summed E-state index contributed by atoms with van der Waals surface area (Å²) in [5.41, 5.74) is 0.914. The molecule has 5 nitrogen and oxygen atoms in total. The van der Waals surface area contributed by atoms with E-state index in [2.05, 4.69) is 17.2 Å². The third-order valence-electron chi connectivity index (χ3n) is 3.57. The van der Waals surface area contributed by atoms with Crippen LogP contribution in [-0.2, 0) is 16.6 Å². The molecule has 0 atom stereocenters. The van der Waals surface area contributed by atoms with Crippen LogP contribution >= 0.6 is 0 Å². The van der Waals surface area contributed by atoms with Crippen LogP contribution in [0.3, 0.4) is 0 Å². The summed E-state index contributed by atoms with van der Waals surface area (Å²) in [6, 6.07) is 1.97. The summed E-state index contributed by atoms with van der Waals surface area (Å²) in [5.74, 6) is 0. The zero-order valence-electron chi connectivity index (χ0n) is 12.4. The smallest absolute Gasteiger partial charge is 0.244 e. The van der Waals surface area contributed by atoms with Crippen LogP contribution in [0.1, 0.15) is 45.2 Å². The predicted molar refractivity (Wildman–Crippen MR) is 80.0 cm³/mol. The van der Waals surface area contributed by atoms with Crippen molar-refractivity contribution < 1.29 is 8.42 Å². The minimum absolute atomic E-state index is 0.221. The van der Waals surface area contributed by atoms with E-state index in [9.17, 15) is 8.42 Å². The maximum atomic E-state index is 12.7. The summed E-state index contributed by atoms with van der Waals surface area (Å²) >= 11 is 0. The highest BCUT2D eigenvalue weighted by Gasteiger charge is 2.37. The molecule has 1 aliphatic carbocycles. The van der Waals surface area contributed by atoms with Crippen molar-refractivity contribution in [1.29, 1.82) is 0 Å². The average molecular weight is 299 g/mol. The van der Waals surface area contributed by atoms with E-state index in [-0.39, 0.29) is 6.04 Å². The van der Waals surface area contributed by atoms with Gasteiger partial charge >= 0.3 is 0 Å². The maximum absolute atomic E-state index is 12.7. The molecule has 20 heavy (non-hydrogen) atoms. The average Bonchev–Trinajstić information content (AvgIpc) is 3.13. The van der Waals surface area contributed by atoms with Crippen molar-refractivity contribution in [3.05, 3.63) is 18.0 Å². The maximum Gasteiger partial charge on any atom is 0.244 e. The molecule has 6 heteroatoms. The topological polar surface area (TPSA) is 65.2 Å². The molecule has 0 unspecified atom stereocenters. The van der Waals surface area contributed by atoms with Gasteiger partial charge in [0.25, 0.3) is 0 Å². The lowest BCUT2D eigenvalue weighted by Crippen LogP contribution is -2.33. The fraction of sp³-hybridized carbons (Fsp3) is 0.714. The number of unbranched alkanes of at least 4 members (excludes halogenated alkanes) is 1. The van der Waals surface area contributed by atoms with Crippen molar-refractivity contribution in [2.24, 2.45) is 0 Å². The zero-order chi connectivity index (χ0) is 14.6. The largest absolute Gasteiger partial charge is 0.363 e. The molecular formula is C14H25N3O2S. The first-order valence-corrected chi connectivity index (χ1v) is 8.93. The van der Waals surface area contributed by atoms with Gasteiger partial charge in [-0.05, 0) is 31.9 Å². The molecule has 2 N–H and O–H groups in total. The van der Waals surface area contributed by atoms with Gasteiger partial charge in [-0.3, -0.25) is 0 Å².